The summed E-state index contributed by atoms with van der Waals surface area (Å²) in [5, 5.41) is 7.47. The Morgan fingerprint density at radius 3 is 2.88 bits per heavy atom. The maximum absolute atomic E-state index is 11.5. The molecule has 0 aliphatic heterocycles. The van der Waals surface area contributed by atoms with Crippen molar-refractivity contribution in [2.75, 3.05) is 0 Å². The lowest BCUT2D eigenvalue weighted by molar-refractivity contribution is -0.124. The topological polar surface area (TPSA) is 72.9 Å². The highest BCUT2D eigenvalue weighted by Gasteiger charge is 2.37. The predicted octanol–water partition coefficient (Wildman–Crippen LogP) is 0.188. The summed E-state index contributed by atoms with van der Waals surface area (Å²) in [6.07, 6.45) is 5.94. The number of carbonyl (C=O) groups excluding carboxylic acids is 1. The number of hydrogen-bond donors (Lipinski definition) is 2. The predicted molar refractivity (Wildman–Crippen MR) is 60.7 cm³/mol. The number of nitrogens with one attached hydrogen (secondary N) is 1. The number of amides is 1. The van der Waals surface area contributed by atoms with E-state index in [1.807, 2.05) is 20.0 Å². The summed E-state index contributed by atoms with van der Waals surface area (Å²) in [5.41, 5.74) is 5.83. The second-order valence-electron chi connectivity index (χ2n) is 4.83. The summed E-state index contributed by atoms with van der Waals surface area (Å²) < 4.78 is 1.76. The van der Waals surface area contributed by atoms with Gasteiger partial charge >= 0.3 is 0 Å². The molecule has 0 spiro atoms. The van der Waals surface area contributed by atoms with E-state index < -0.39 is 5.54 Å². The summed E-state index contributed by atoms with van der Waals surface area (Å²) >= 11 is 0. The molecule has 3 N–H and O–H groups in total. The van der Waals surface area contributed by atoms with Gasteiger partial charge in [-0.1, -0.05) is 0 Å². The van der Waals surface area contributed by atoms with E-state index in [1.54, 1.807) is 10.9 Å². The van der Waals surface area contributed by atoms with Crippen molar-refractivity contribution in [3.8, 4) is 0 Å². The van der Waals surface area contributed by atoms with Gasteiger partial charge < -0.3 is 5.73 Å². The fourth-order valence-electron chi connectivity index (χ4n) is 1.75. The molecule has 1 aliphatic rings. The minimum Gasteiger partial charge on any atom is -0.368 e. The van der Waals surface area contributed by atoms with Gasteiger partial charge in [-0.15, -0.1) is 0 Å². The van der Waals surface area contributed by atoms with Crippen LogP contribution in [0.25, 0.3) is 0 Å². The van der Waals surface area contributed by atoms with Crippen LogP contribution >= 0.6 is 0 Å². The number of aryl methyl sites for hydroxylation is 1. The maximum atomic E-state index is 11.5. The zero-order chi connectivity index (χ0) is 11.8. The molecule has 1 fully saturated rings. The molecule has 0 saturated heterocycles. The first-order valence-electron chi connectivity index (χ1n) is 5.56. The summed E-state index contributed by atoms with van der Waals surface area (Å²) in [5.74, 6) is -0.326. The summed E-state index contributed by atoms with van der Waals surface area (Å²) in [4.78, 5) is 11.5. The van der Waals surface area contributed by atoms with Crippen molar-refractivity contribution >= 4 is 5.91 Å². The Morgan fingerprint density at radius 1 is 1.75 bits per heavy atom. The van der Waals surface area contributed by atoms with Crippen molar-refractivity contribution in [2.24, 2.45) is 5.73 Å². The molecule has 1 aromatic rings. The Kier molecular flexibility index (Phi) is 2.71. The van der Waals surface area contributed by atoms with Gasteiger partial charge in [0.25, 0.3) is 0 Å². The minimum atomic E-state index is -0.709. The van der Waals surface area contributed by atoms with Crippen LogP contribution in [0.1, 0.15) is 25.3 Å². The van der Waals surface area contributed by atoms with Gasteiger partial charge in [-0.25, -0.2) is 0 Å². The van der Waals surface area contributed by atoms with Crippen LogP contribution < -0.4 is 11.1 Å². The Bertz CT molecular complexity index is 396. The second kappa shape index (κ2) is 3.90. The van der Waals surface area contributed by atoms with Gasteiger partial charge in [-0.2, -0.15) is 5.10 Å². The van der Waals surface area contributed by atoms with Crippen LogP contribution in [0, 0.1) is 6.92 Å². The zero-order valence-corrected chi connectivity index (χ0v) is 9.73. The third-order valence-corrected chi connectivity index (χ3v) is 2.88. The molecule has 5 nitrogen and oxygen atoms in total. The Balaban J connectivity index is 2.09. The van der Waals surface area contributed by atoms with Crippen molar-refractivity contribution in [3.63, 3.8) is 0 Å². The van der Waals surface area contributed by atoms with Crippen molar-refractivity contribution < 1.29 is 4.79 Å². The molecule has 1 heterocycles. The number of hydrogen-bond acceptors (Lipinski definition) is 3. The smallest absolute Gasteiger partial charge is 0.239 e. The number of primary amides is 1. The summed E-state index contributed by atoms with van der Waals surface area (Å²) in [6, 6.07) is 0.439. The van der Waals surface area contributed by atoms with Crippen molar-refractivity contribution in [3.05, 3.63) is 18.0 Å². The van der Waals surface area contributed by atoms with E-state index in [0.717, 1.165) is 18.4 Å². The number of aromatic nitrogens is 2. The van der Waals surface area contributed by atoms with E-state index >= 15 is 0 Å². The number of carbonyl (C=O) groups is 1. The SMILES string of the molecule is Cc1cnn(CC(C)(NC2CC2)C(N)=O)c1. The number of nitrogens with zero attached hydrogens (tertiary/aromatic N) is 2. The Morgan fingerprint density at radius 2 is 2.44 bits per heavy atom. The highest BCUT2D eigenvalue weighted by molar-refractivity contribution is 5.84. The molecule has 1 aliphatic carbocycles. The average Bonchev–Trinajstić information content (AvgIpc) is 2.89. The van der Waals surface area contributed by atoms with Gasteiger partial charge in [0.15, 0.2) is 0 Å². The van der Waals surface area contributed by atoms with Gasteiger partial charge in [0.05, 0.1) is 12.7 Å². The van der Waals surface area contributed by atoms with Crippen LogP contribution in [0.5, 0.6) is 0 Å². The fourth-order valence-corrected chi connectivity index (χ4v) is 1.75. The normalized spacial score (nSPS) is 19.4. The van der Waals surface area contributed by atoms with E-state index in [9.17, 15) is 4.79 Å². The third kappa shape index (κ3) is 2.41. The molecule has 0 bridgehead atoms. The van der Waals surface area contributed by atoms with E-state index in [2.05, 4.69) is 10.4 Å². The molecule has 2 rings (SSSR count). The molecule has 0 radical (unpaired) electrons. The average molecular weight is 222 g/mol. The molecule has 5 heteroatoms. The first-order valence-corrected chi connectivity index (χ1v) is 5.56. The van der Waals surface area contributed by atoms with E-state index in [4.69, 9.17) is 5.73 Å². The molecule has 1 atom stereocenters. The first kappa shape index (κ1) is 11.1. The minimum absolute atomic E-state index is 0.326. The highest BCUT2D eigenvalue weighted by Crippen LogP contribution is 2.23. The molecule has 16 heavy (non-hydrogen) atoms. The quantitative estimate of drug-likeness (QED) is 0.747. The van der Waals surface area contributed by atoms with Crippen molar-refractivity contribution in [1.82, 2.24) is 15.1 Å². The van der Waals surface area contributed by atoms with Gasteiger partial charge in [0, 0.05) is 12.2 Å². The fraction of sp³-hybridized carbons (Fsp3) is 0.636. The highest BCUT2D eigenvalue weighted by atomic mass is 16.1. The van der Waals surface area contributed by atoms with Crippen LogP contribution in [0.15, 0.2) is 12.4 Å². The number of nitrogens with two attached hydrogens (primary N) is 1. The Labute approximate surface area is 95.0 Å². The van der Waals surface area contributed by atoms with E-state index in [1.165, 1.54) is 0 Å². The van der Waals surface area contributed by atoms with Gasteiger partial charge in [-0.05, 0) is 32.3 Å². The van der Waals surface area contributed by atoms with Crippen LogP contribution in [0.2, 0.25) is 0 Å². The lowest BCUT2D eigenvalue weighted by Gasteiger charge is -2.27. The van der Waals surface area contributed by atoms with Crippen LogP contribution in [0.3, 0.4) is 0 Å². The molecule has 1 unspecified atom stereocenters. The molecule has 1 aromatic heterocycles. The molecular weight excluding hydrogens is 204 g/mol. The van der Waals surface area contributed by atoms with Crippen LogP contribution in [0.4, 0.5) is 0 Å². The van der Waals surface area contributed by atoms with E-state index in [-0.39, 0.29) is 5.91 Å². The van der Waals surface area contributed by atoms with Crippen LogP contribution in [-0.4, -0.2) is 27.3 Å². The monoisotopic (exact) mass is 222 g/mol. The molecule has 1 amide bonds. The summed E-state index contributed by atoms with van der Waals surface area (Å²) in [7, 11) is 0. The standard InChI is InChI=1S/C11H18N4O/c1-8-5-13-15(6-8)7-11(2,10(12)16)14-9-3-4-9/h5-6,9,14H,3-4,7H2,1-2H3,(H2,12,16). The second-order valence-corrected chi connectivity index (χ2v) is 4.83. The molecule has 88 valence electrons. The summed E-state index contributed by atoms with van der Waals surface area (Å²) in [6.45, 7) is 4.29. The third-order valence-electron chi connectivity index (χ3n) is 2.88. The van der Waals surface area contributed by atoms with Gasteiger partial charge in [0.1, 0.15) is 5.54 Å². The maximum Gasteiger partial charge on any atom is 0.239 e. The van der Waals surface area contributed by atoms with Gasteiger partial charge in [0.2, 0.25) is 5.91 Å². The molecule has 0 aromatic carbocycles. The lowest BCUT2D eigenvalue weighted by Crippen LogP contribution is -2.56. The largest absolute Gasteiger partial charge is 0.368 e. The van der Waals surface area contributed by atoms with E-state index in [0.29, 0.717) is 12.6 Å². The molecule has 1 saturated carbocycles. The number of rotatable bonds is 5. The first-order chi connectivity index (χ1) is 7.49. The zero-order valence-electron chi connectivity index (χ0n) is 9.73. The van der Waals surface area contributed by atoms with Crippen molar-refractivity contribution in [2.45, 2.75) is 44.8 Å². The Hall–Kier alpha value is -1.36. The lowest BCUT2D eigenvalue weighted by atomic mass is 10.0. The van der Waals surface area contributed by atoms with Crippen LogP contribution in [-0.2, 0) is 11.3 Å². The van der Waals surface area contributed by atoms with Gasteiger partial charge in [-0.3, -0.25) is 14.8 Å². The van der Waals surface area contributed by atoms with Crippen molar-refractivity contribution in [1.29, 1.82) is 0 Å². The molecular formula is C11H18N4O.